The molecule has 0 spiro atoms. The molecule has 1 amide bonds. The number of aromatic amines is 1. The summed E-state index contributed by atoms with van der Waals surface area (Å²) in [5.74, 6) is 0.740. The van der Waals surface area contributed by atoms with Crippen molar-refractivity contribution in [3.63, 3.8) is 0 Å². The van der Waals surface area contributed by atoms with Gasteiger partial charge in [-0.1, -0.05) is 75.4 Å². The van der Waals surface area contributed by atoms with E-state index < -0.39 is 6.09 Å². The van der Waals surface area contributed by atoms with Gasteiger partial charge in [-0.05, 0) is 22.1 Å². The molecule has 0 fully saturated rings. The fraction of sp³-hybridized carbons (Fsp3) is 0.273. The van der Waals surface area contributed by atoms with Crippen LogP contribution in [0.3, 0.4) is 0 Å². The van der Waals surface area contributed by atoms with Crippen molar-refractivity contribution in [3.8, 4) is 22.4 Å². The summed E-state index contributed by atoms with van der Waals surface area (Å²) in [6.07, 6.45) is 0.791. The largest absolute Gasteiger partial charge is 0.465 e. The Labute approximate surface area is 159 Å². The van der Waals surface area contributed by atoms with Crippen LogP contribution in [0, 0.1) is 5.41 Å². The standard InChI is InChI=1S/C22H25N3O2/c1-22(2,3)18(13-24-21(26)27)20-23-14-19(25-20)17-11-9-16(10-12-17)15-7-5-4-6-8-15/h4-12,14,18,24H,13H2,1-3H3,(H,23,25)(H,26,27). The number of amides is 1. The molecule has 0 aliphatic rings. The highest BCUT2D eigenvalue weighted by Gasteiger charge is 2.29. The Kier molecular flexibility index (Phi) is 5.31. The molecule has 0 saturated carbocycles. The molecule has 1 heterocycles. The summed E-state index contributed by atoms with van der Waals surface area (Å²) in [5, 5.41) is 11.4. The first-order valence-electron chi connectivity index (χ1n) is 9.02. The Morgan fingerprint density at radius 3 is 2.22 bits per heavy atom. The molecule has 5 nitrogen and oxygen atoms in total. The monoisotopic (exact) mass is 363 g/mol. The van der Waals surface area contributed by atoms with Crippen molar-refractivity contribution in [1.82, 2.24) is 15.3 Å². The van der Waals surface area contributed by atoms with Gasteiger partial charge in [-0.15, -0.1) is 0 Å². The highest BCUT2D eigenvalue weighted by Crippen LogP contribution is 2.34. The van der Waals surface area contributed by atoms with Crippen LogP contribution in [-0.4, -0.2) is 27.7 Å². The Bertz CT molecular complexity index is 893. The second kappa shape index (κ2) is 7.66. The number of rotatable bonds is 5. The maximum atomic E-state index is 10.9. The zero-order valence-electron chi connectivity index (χ0n) is 15.9. The number of carbonyl (C=O) groups is 1. The zero-order valence-corrected chi connectivity index (χ0v) is 15.9. The van der Waals surface area contributed by atoms with Gasteiger partial charge in [0.25, 0.3) is 0 Å². The summed E-state index contributed by atoms with van der Waals surface area (Å²) in [5.41, 5.74) is 4.19. The summed E-state index contributed by atoms with van der Waals surface area (Å²) < 4.78 is 0. The molecule has 0 bridgehead atoms. The first-order chi connectivity index (χ1) is 12.8. The maximum absolute atomic E-state index is 10.9. The highest BCUT2D eigenvalue weighted by atomic mass is 16.4. The van der Waals surface area contributed by atoms with Crippen LogP contribution in [0.4, 0.5) is 4.79 Å². The lowest BCUT2D eigenvalue weighted by atomic mass is 9.80. The van der Waals surface area contributed by atoms with Crippen molar-refractivity contribution in [1.29, 1.82) is 0 Å². The van der Waals surface area contributed by atoms with Gasteiger partial charge < -0.3 is 15.4 Å². The van der Waals surface area contributed by atoms with Gasteiger partial charge in [-0.3, -0.25) is 0 Å². The number of nitrogens with one attached hydrogen (secondary N) is 2. The van der Waals surface area contributed by atoms with Gasteiger partial charge in [0.15, 0.2) is 0 Å². The first kappa shape index (κ1) is 18.7. The number of aromatic nitrogens is 2. The van der Waals surface area contributed by atoms with Crippen LogP contribution in [-0.2, 0) is 0 Å². The minimum atomic E-state index is -1.02. The summed E-state index contributed by atoms with van der Waals surface area (Å²) >= 11 is 0. The molecule has 1 unspecified atom stereocenters. The molecule has 5 heteroatoms. The Hall–Kier alpha value is -3.08. The van der Waals surface area contributed by atoms with E-state index in [2.05, 4.69) is 72.5 Å². The molecule has 1 aromatic heterocycles. The molecular weight excluding hydrogens is 338 g/mol. The lowest BCUT2D eigenvalue weighted by molar-refractivity contribution is 0.190. The molecule has 2 aromatic carbocycles. The fourth-order valence-electron chi connectivity index (χ4n) is 3.14. The van der Waals surface area contributed by atoms with Gasteiger partial charge in [0.1, 0.15) is 5.82 Å². The third-order valence-electron chi connectivity index (χ3n) is 4.73. The van der Waals surface area contributed by atoms with Crippen LogP contribution in [0.15, 0.2) is 60.8 Å². The summed E-state index contributed by atoms with van der Waals surface area (Å²) in [7, 11) is 0. The predicted molar refractivity (Wildman–Crippen MR) is 108 cm³/mol. The Morgan fingerprint density at radius 2 is 1.63 bits per heavy atom. The van der Waals surface area contributed by atoms with Gasteiger partial charge in [-0.25, -0.2) is 9.78 Å². The van der Waals surface area contributed by atoms with E-state index in [-0.39, 0.29) is 11.3 Å². The Balaban J connectivity index is 1.82. The molecule has 3 N–H and O–H groups in total. The minimum Gasteiger partial charge on any atom is -0.465 e. The zero-order chi connectivity index (χ0) is 19.4. The molecule has 0 aliphatic carbocycles. The lowest BCUT2D eigenvalue weighted by Gasteiger charge is -2.28. The summed E-state index contributed by atoms with van der Waals surface area (Å²) in [4.78, 5) is 18.8. The van der Waals surface area contributed by atoms with Crippen LogP contribution in [0.1, 0.15) is 32.5 Å². The number of benzene rings is 2. The second-order valence-electron chi connectivity index (χ2n) is 7.73. The molecule has 27 heavy (non-hydrogen) atoms. The van der Waals surface area contributed by atoms with E-state index in [9.17, 15) is 4.79 Å². The first-order valence-corrected chi connectivity index (χ1v) is 9.02. The smallest absolute Gasteiger partial charge is 0.404 e. The van der Waals surface area contributed by atoms with Crippen molar-refractivity contribution in [3.05, 3.63) is 66.6 Å². The molecule has 0 radical (unpaired) electrons. The minimum absolute atomic E-state index is 0.0501. The third kappa shape index (κ3) is 4.56. The number of imidazole rings is 1. The summed E-state index contributed by atoms with van der Waals surface area (Å²) in [6.45, 7) is 6.56. The molecule has 0 aliphatic heterocycles. The van der Waals surface area contributed by atoms with Crippen molar-refractivity contribution >= 4 is 6.09 Å². The van der Waals surface area contributed by atoms with Crippen molar-refractivity contribution in [2.24, 2.45) is 5.41 Å². The lowest BCUT2D eigenvalue weighted by Crippen LogP contribution is -2.33. The number of H-pyrrole nitrogens is 1. The topological polar surface area (TPSA) is 78.0 Å². The quantitative estimate of drug-likeness (QED) is 0.587. The van der Waals surface area contributed by atoms with E-state index in [0.29, 0.717) is 6.54 Å². The van der Waals surface area contributed by atoms with Gasteiger partial charge in [0.05, 0.1) is 11.9 Å². The maximum Gasteiger partial charge on any atom is 0.404 e. The highest BCUT2D eigenvalue weighted by molar-refractivity contribution is 5.68. The molecule has 0 saturated heterocycles. The van der Waals surface area contributed by atoms with Gasteiger partial charge in [0, 0.05) is 12.5 Å². The van der Waals surface area contributed by atoms with E-state index in [1.807, 2.05) is 24.4 Å². The van der Waals surface area contributed by atoms with E-state index in [1.54, 1.807) is 0 Å². The van der Waals surface area contributed by atoms with E-state index in [0.717, 1.165) is 22.6 Å². The fourth-order valence-corrected chi connectivity index (χ4v) is 3.14. The van der Waals surface area contributed by atoms with E-state index >= 15 is 0 Å². The van der Waals surface area contributed by atoms with Crippen molar-refractivity contribution in [2.75, 3.05) is 6.54 Å². The normalized spacial score (nSPS) is 12.6. The molecular formula is C22H25N3O2. The van der Waals surface area contributed by atoms with Gasteiger partial charge in [-0.2, -0.15) is 0 Å². The van der Waals surface area contributed by atoms with Crippen LogP contribution in [0.5, 0.6) is 0 Å². The molecule has 140 valence electrons. The molecule has 3 aromatic rings. The van der Waals surface area contributed by atoms with E-state index in [4.69, 9.17) is 5.11 Å². The van der Waals surface area contributed by atoms with Gasteiger partial charge in [0.2, 0.25) is 0 Å². The number of nitrogens with zero attached hydrogens (tertiary/aromatic N) is 1. The average Bonchev–Trinajstić information content (AvgIpc) is 3.11. The second-order valence-corrected chi connectivity index (χ2v) is 7.73. The third-order valence-corrected chi connectivity index (χ3v) is 4.73. The van der Waals surface area contributed by atoms with Crippen LogP contribution >= 0.6 is 0 Å². The number of carboxylic acid groups (broad SMARTS) is 1. The number of hydrogen-bond donors (Lipinski definition) is 3. The van der Waals surface area contributed by atoms with Crippen LogP contribution in [0.25, 0.3) is 22.4 Å². The van der Waals surface area contributed by atoms with Crippen LogP contribution in [0.2, 0.25) is 0 Å². The average molecular weight is 363 g/mol. The van der Waals surface area contributed by atoms with Crippen molar-refractivity contribution < 1.29 is 9.90 Å². The Morgan fingerprint density at radius 1 is 1.04 bits per heavy atom. The predicted octanol–water partition coefficient (Wildman–Crippen LogP) is 5.14. The van der Waals surface area contributed by atoms with Crippen LogP contribution < -0.4 is 5.32 Å². The number of hydrogen-bond acceptors (Lipinski definition) is 2. The van der Waals surface area contributed by atoms with Crippen molar-refractivity contribution in [2.45, 2.75) is 26.7 Å². The van der Waals surface area contributed by atoms with E-state index in [1.165, 1.54) is 5.56 Å². The van der Waals surface area contributed by atoms with Gasteiger partial charge >= 0.3 is 6.09 Å². The summed E-state index contributed by atoms with van der Waals surface area (Å²) in [6, 6.07) is 18.6. The SMILES string of the molecule is CC(C)(C)C(CNC(=O)O)c1ncc(-c2ccc(-c3ccccc3)cc2)[nH]1. The molecule has 1 atom stereocenters. The molecule has 3 rings (SSSR count).